The van der Waals surface area contributed by atoms with Crippen molar-refractivity contribution in [2.24, 2.45) is 10.7 Å². The van der Waals surface area contributed by atoms with Crippen LogP contribution in [0.3, 0.4) is 0 Å². The number of carbonyl (C=O) groups is 1. The van der Waals surface area contributed by atoms with Gasteiger partial charge in [-0.3, -0.25) is 10.1 Å². The lowest BCUT2D eigenvalue weighted by Crippen LogP contribution is -2.38. The average Bonchev–Trinajstić information content (AvgIpc) is 2.77. The zero-order valence-electron chi connectivity index (χ0n) is 14.3. The molecule has 1 aliphatic carbocycles. The molecule has 0 bridgehead atoms. The van der Waals surface area contributed by atoms with E-state index >= 15 is 0 Å². The molecular weight excluding hydrogens is 370 g/mol. The van der Waals surface area contributed by atoms with Crippen LogP contribution in [0.4, 0.5) is 0 Å². The Kier molecular flexibility index (Phi) is 7.09. The van der Waals surface area contributed by atoms with Crippen molar-refractivity contribution in [1.29, 1.82) is 0 Å². The van der Waals surface area contributed by atoms with Crippen LogP contribution in [0, 0.1) is 0 Å². The smallest absolute Gasteiger partial charge is 0.261 e. The molecule has 2 rings (SSSR count). The Bertz CT molecular complexity index is 594. The topological polar surface area (TPSA) is 76.7 Å². The number of halogens is 1. The van der Waals surface area contributed by atoms with Gasteiger partial charge in [-0.1, -0.05) is 41.6 Å². The van der Waals surface area contributed by atoms with Crippen molar-refractivity contribution in [2.45, 2.75) is 64.5 Å². The third-order valence-corrected chi connectivity index (χ3v) is 4.43. The van der Waals surface area contributed by atoms with Crippen LogP contribution in [0.15, 0.2) is 27.7 Å². The standard InChI is InChI=1S/C18H26BrN3O2/c1-12(2)24-16-10-9-13(19)11-15(16)17(23)22-18(20)21-14-7-5-3-4-6-8-14/h9-12,14H,3-8H2,1-2H3,(H3,20,21,22,23). The number of hydrogen-bond acceptors (Lipinski definition) is 3. The molecule has 0 heterocycles. The van der Waals surface area contributed by atoms with Crippen LogP contribution in [-0.2, 0) is 0 Å². The summed E-state index contributed by atoms with van der Waals surface area (Å²) in [5, 5.41) is 2.69. The molecule has 3 N–H and O–H groups in total. The SMILES string of the molecule is CC(C)Oc1ccc(Br)cc1C(=O)NC(N)=NC1CCCCCC1. The fourth-order valence-electron chi connectivity index (χ4n) is 2.84. The van der Waals surface area contributed by atoms with Crippen LogP contribution in [0.2, 0.25) is 0 Å². The quantitative estimate of drug-likeness (QED) is 0.459. The van der Waals surface area contributed by atoms with E-state index in [0.29, 0.717) is 11.3 Å². The van der Waals surface area contributed by atoms with Crippen molar-refractivity contribution in [2.75, 3.05) is 0 Å². The maximum Gasteiger partial charge on any atom is 0.261 e. The Morgan fingerprint density at radius 2 is 1.96 bits per heavy atom. The summed E-state index contributed by atoms with van der Waals surface area (Å²) >= 11 is 3.39. The normalized spacial score (nSPS) is 16.8. The maximum absolute atomic E-state index is 12.5. The first-order valence-electron chi connectivity index (χ1n) is 8.56. The molecule has 0 atom stereocenters. The monoisotopic (exact) mass is 395 g/mol. The highest BCUT2D eigenvalue weighted by molar-refractivity contribution is 9.10. The number of hydrogen-bond donors (Lipinski definition) is 2. The summed E-state index contributed by atoms with van der Waals surface area (Å²) in [6.45, 7) is 3.84. The Morgan fingerprint density at radius 1 is 1.29 bits per heavy atom. The van der Waals surface area contributed by atoms with E-state index < -0.39 is 0 Å². The second-order valence-electron chi connectivity index (χ2n) is 6.42. The van der Waals surface area contributed by atoms with Crippen LogP contribution in [0.5, 0.6) is 5.75 Å². The van der Waals surface area contributed by atoms with Crippen LogP contribution < -0.4 is 15.8 Å². The molecule has 1 amide bonds. The van der Waals surface area contributed by atoms with E-state index in [-0.39, 0.29) is 24.0 Å². The predicted octanol–water partition coefficient (Wildman–Crippen LogP) is 4.00. The van der Waals surface area contributed by atoms with E-state index in [1.54, 1.807) is 12.1 Å². The second kappa shape index (κ2) is 9.06. The summed E-state index contributed by atoms with van der Waals surface area (Å²) in [5.74, 6) is 0.414. The van der Waals surface area contributed by atoms with E-state index in [1.807, 2.05) is 19.9 Å². The van der Waals surface area contributed by atoms with Gasteiger partial charge in [-0.05, 0) is 44.9 Å². The first-order chi connectivity index (χ1) is 11.5. The number of nitrogens with zero attached hydrogens (tertiary/aromatic N) is 1. The second-order valence-corrected chi connectivity index (χ2v) is 7.34. The summed E-state index contributed by atoms with van der Waals surface area (Å²) in [6.07, 6.45) is 6.92. The predicted molar refractivity (Wildman–Crippen MR) is 100 cm³/mol. The largest absolute Gasteiger partial charge is 0.490 e. The molecule has 132 valence electrons. The maximum atomic E-state index is 12.5. The molecule has 1 aliphatic rings. The molecule has 1 aromatic rings. The van der Waals surface area contributed by atoms with Gasteiger partial charge in [-0.2, -0.15) is 0 Å². The fraction of sp³-hybridized carbons (Fsp3) is 0.556. The van der Waals surface area contributed by atoms with Crippen molar-refractivity contribution in [3.05, 3.63) is 28.2 Å². The summed E-state index contributed by atoms with van der Waals surface area (Å²) in [6, 6.07) is 5.56. The Labute approximate surface area is 152 Å². The van der Waals surface area contributed by atoms with E-state index in [4.69, 9.17) is 10.5 Å². The number of ether oxygens (including phenoxy) is 1. The van der Waals surface area contributed by atoms with Gasteiger partial charge in [-0.15, -0.1) is 0 Å². The van der Waals surface area contributed by atoms with Crippen molar-refractivity contribution in [1.82, 2.24) is 5.32 Å². The highest BCUT2D eigenvalue weighted by atomic mass is 79.9. The molecule has 5 nitrogen and oxygen atoms in total. The first-order valence-corrected chi connectivity index (χ1v) is 9.36. The van der Waals surface area contributed by atoms with E-state index in [1.165, 1.54) is 25.7 Å². The molecule has 24 heavy (non-hydrogen) atoms. The summed E-state index contributed by atoms with van der Waals surface area (Å²) in [4.78, 5) is 17.0. The van der Waals surface area contributed by atoms with Gasteiger partial charge in [0.1, 0.15) is 5.75 Å². The van der Waals surface area contributed by atoms with Gasteiger partial charge in [0.25, 0.3) is 5.91 Å². The van der Waals surface area contributed by atoms with Gasteiger partial charge in [0.2, 0.25) is 0 Å². The third-order valence-electron chi connectivity index (χ3n) is 3.94. The zero-order valence-corrected chi connectivity index (χ0v) is 15.9. The minimum absolute atomic E-state index is 0.0188. The molecule has 0 aliphatic heterocycles. The molecule has 6 heteroatoms. The lowest BCUT2D eigenvalue weighted by Gasteiger charge is -2.15. The number of guanidine groups is 1. The number of nitrogens with one attached hydrogen (secondary N) is 1. The number of benzene rings is 1. The van der Waals surface area contributed by atoms with Crippen molar-refractivity contribution >= 4 is 27.8 Å². The van der Waals surface area contributed by atoms with Crippen molar-refractivity contribution in [3.8, 4) is 5.75 Å². The van der Waals surface area contributed by atoms with E-state index in [9.17, 15) is 4.79 Å². The minimum Gasteiger partial charge on any atom is -0.490 e. The highest BCUT2D eigenvalue weighted by Crippen LogP contribution is 2.24. The van der Waals surface area contributed by atoms with E-state index in [2.05, 4.69) is 26.2 Å². The Balaban J connectivity index is 2.09. The molecule has 1 saturated carbocycles. The highest BCUT2D eigenvalue weighted by Gasteiger charge is 2.17. The summed E-state index contributed by atoms with van der Waals surface area (Å²) in [5.41, 5.74) is 6.39. The number of amides is 1. The van der Waals surface area contributed by atoms with Gasteiger partial charge in [0, 0.05) is 4.47 Å². The molecule has 1 aromatic carbocycles. The van der Waals surface area contributed by atoms with Crippen molar-refractivity contribution < 1.29 is 9.53 Å². The summed E-state index contributed by atoms with van der Waals surface area (Å²) in [7, 11) is 0. The lowest BCUT2D eigenvalue weighted by atomic mass is 10.1. The van der Waals surface area contributed by atoms with Gasteiger partial charge in [-0.25, -0.2) is 4.99 Å². The van der Waals surface area contributed by atoms with Gasteiger partial charge < -0.3 is 10.5 Å². The van der Waals surface area contributed by atoms with E-state index in [0.717, 1.165) is 17.3 Å². The molecule has 0 radical (unpaired) electrons. The van der Waals surface area contributed by atoms with Gasteiger partial charge in [0.05, 0.1) is 17.7 Å². The molecule has 1 fully saturated rings. The molecule has 0 aromatic heterocycles. The number of aliphatic imine (C=N–C) groups is 1. The molecule has 0 spiro atoms. The van der Waals surface area contributed by atoms with Crippen LogP contribution in [0.25, 0.3) is 0 Å². The first kappa shape index (κ1) is 18.8. The Hall–Kier alpha value is -1.56. The number of nitrogens with two attached hydrogens (primary N) is 1. The van der Waals surface area contributed by atoms with Crippen LogP contribution >= 0.6 is 15.9 Å². The molecule has 0 saturated heterocycles. The number of rotatable bonds is 4. The van der Waals surface area contributed by atoms with Gasteiger partial charge >= 0.3 is 0 Å². The zero-order chi connectivity index (χ0) is 17.5. The van der Waals surface area contributed by atoms with Crippen LogP contribution in [-0.4, -0.2) is 24.0 Å². The third kappa shape index (κ3) is 5.82. The lowest BCUT2D eigenvalue weighted by molar-refractivity contribution is 0.0970. The fourth-order valence-corrected chi connectivity index (χ4v) is 3.20. The Morgan fingerprint density at radius 3 is 2.58 bits per heavy atom. The molecular formula is C18H26BrN3O2. The van der Waals surface area contributed by atoms with Crippen LogP contribution in [0.1, 0.15) is 62.7 Å². The average molecular weight is 396 g/mol. The van der Waals surface area contributed by atoms with Crippen molar-refractivity contribution in [3.63, 3.8) is 0 Å². The molecule has 0 unspecified atom stereocenters. The summed E-state index contributed by atoms with van der Waals surface area (Å²) < 4.78 is 6.52. The number of carbonyl (C=O) groups excluding carboxylic acids is 1. The van der Waals surface area contributed by atoms with Gasteiger partial charge in [0.15, 0.2) is 5.96 Å². The minimum atomic E-state index is -0.304.